The zero-order valence-electron chi connectivity index (χ0n) is 15.4. The summed E-state index contributed by atoms with van der Waals surface area (Å²) in [6, 6.07) is 16.9. The van der Waals surface area contributed by atoms with Crippen molar-refractivity contribution in [2.75, 3.05) is 6.54 Å². The molecule has 0 aliphatic carbocycles. The van der Waals surface area contributed by atoms with Gasteiger partial charge in [0.2, 0.25) is 5.91 Å². The Morgan fingerprint density at radius 2 is 1.89 bits per heavy atom. The number of carbonyl (C=O) groups excluding carboxylic acids is 2. The minimum Gasteiger partial charge on any atom is -0.445 e. The molecule has 2 aromatic rings. The highest BCUT2D eigenvalue weighted by atomic mass is 35.5. The van der Waals surface area contributed by atoms with Gasteiger partial charge in [-0.25, -0.2) is 4.79 Å². The van der Waals surface area contributed by atoms with Crippen molar-refractivity contribution in [3.8, 4) is 0 Å². The fraction of sp³-hybridized carbons (Fsp3) is 0.333. The van der Waals surface area contributed by atoms with Crippen molar-refractivity contribution in [2.24, 2.45) is 0 Å². The third-order valence-electron chi connectivity index (χ3n) is 4.06. The van der Waals surface area contributed by atoms with E-state index in [9.17, 15) is 9.59 Å². The van der Waals surface area contributed by atoms with Crippen LogP contribution in [0.5, 0.6) is 0 Å². The highest BCUT2D eigenvalue weighted by molar-refractivity contribution is 6.30. The predicted octanol–water partition coefficient (Wildman–Crippen LogP) is 4.61. The van der Waals surface area contributed by atoms with E-state index in [1.54, 1.807) is 0 Å². The average Bonchev–Trinajstić information content (AvgIpc) is 2.68. The predicted molar refractivity (Wildman–Crippen MR) is 106 cm³/mol. The normalized spacial score (nSPS) is 11.5. The molecule has 0 saturated carbocycles. The molecule has 0 bridgehead atoms. The van der Waals surface area contributed by atoms with Crippen LogP contribution in [0.15, 0.2) is 54.6 Å². The number of nitrogens with one attached hydrogen (secondary N) is 2. The Morgan fingerprint density at radius 3 is 2.59 bits per heavy atom. The Bertz CT molecular complexity index is 737. The summed E-state index contributed by atoms with van der Waals surface area (Å²) >= 11 is 6.01. The number of carbonyl (C=O) groups is 2. The smallest absolute Gasteiger partial charge is 0.407 e. The Hall–Kier alpha value is -2.53. The van der Waals surface area contributed by atoms with E-state index in [4.69, 9.17) is 16.3 Å². The molecule has 6 heteroatoms. The summed E-state index contributed by atoms with van der Waals surface area (Å²) in [5, 5.41) is 6.31. The first-order valence-corrected chi connectivity index (χ1v) is 9.45. The summed E-state index contributed by atoms with van der Waals surface area (Å²) in [5.41, 5.74) is 1.92. The molecule has 0 spiro atoms. The number of halogens is 1. The van der Waals surface area contributed by atoms with Crippen LogP contribution in [0.4, 0.5) is 4.79 Å². The quantitative estimate of drug-likeness (QED) is 0.616. The van der Waals surface area contributed by atoms with E-state index in [0.29, 0.717) is 24.4 Å². The fourth-order valence-corrected chi connectivity index (χ4v) is 2.82. The van der Waals surface area contributed by atoms with Gasteiger partial charge in [-0.15, -0.1) is 0 Å². The topological polar surface area (TPSA) is 67.4 Å². The summed E-state index contributed by atoms with van der Waals surface area (Å²) < 4.78 is 5.12. The first-order chi connectivity index (χ1) is 13.1. The second-order valence-corrected chi connectivity index (χ2v) is 6.61. The molecular formula is C21H25ClN2O3. The molecule has 27 heavy (non-hydrogen) atoms. The highest BCUT2D eigenvalue weighted by Crippen LogP contribution is 2.20. The van der Waals surface area contributed by atoms with Gasteiger partial charge in [0.25, 0.3) is 0 Å². The number of rotatable bonds is 9. The number of alkyl carbamates (subject to hydrolysis) is 1. The van der Waals surface area contributed by atoms with Crippen LogP contribution in [-0.2, 0) is 16.1 Å². The van der Waals surface area contributed by atoms with E-state index in [2.05, 4.69) is 10.6 Å². The van der Waals surface area contributed by atoms with E-state index < -0.39 is 6.09 Å². The molecule has 2 rings (SSSR count). The summed E-state index contributed by atoms with van der Waals surface area (Å²) in [5.74, 6) is -0.0544. The van der Waals surface area contributed by atoms with Crippen molar-refractivity contribution in [1.82, 2.24) is 10.6 Å². The second-order valence-electron chi connectivity index (χ2n) is 6.18. The molecule has 2 amide bonds. The molecule has 1 atom stereocenters. The lowest BCUT2D eigenvalue weighted by atomic mass is 10.0. The van der Waals surface area contributed by atoms with Crippen LogP contribution in [0.1, 0.15) is 43.4 Å². The van der Waals surface area contributed by atoms with Gasteiger partial charge < -0.3 is 15.4 Å². The van der Waals surface area contributed by atoms with Gasteiger partial charge >= 0.3 is 6.09 Å². The van der Waals surface area contributed by atoms with Crippen LogP contribution in [0, 0.1) is 0 Å². The highest BCUT2D eigenvalue weighted by Gasteiger charge is 2.13. The lowest BCUT2D eigenvalue weighted by Gasteiger charge is -2.17. The van der Waals surface area contributed by atoms with Crippen molar-refractivity contribution >= 4 is 23.6 Å². The van der Waals surface area contributed by atoms with Gasteiger partial charge in [-0.3, -0.25) is 4.79 Å². The van der Waals surface area contributed by atoms with Crippen molar-refractivity contribution in [3.63, 3.8) is 0 Å². The fourth-order valence-electron chi connectivity index (χ4n) is 2.62. The SMILES string of the molecule is CCC(NC(=O)CCCNC(=O)OCc1ccccc1)c1cccc(Cl)c1. The summed E-state index contributed by atoms with van der Waals surface area (Å²) in [7, 11) is 0. The third kappa shape index (κ3) is 7.71. The van der Waals surface area contributed by atoms with Gasteiger partial charge in [0.05, 0.1) is 6.04 Å². The molecular weight excluding hydrogens is 364 g/mol. The van der Waals surface area contributed by atoms with Crippen LogP contribution in [0.3, 0.4) is 0 Å². The second kappa shape index (κ2) is 11.2. The average molecular weight is 389 g/mol. The van der Waals surface area contributed by atoms with Crippen molar-refractivity contribution in [1.29, 1.82) is 0 Å². The Morgan fingerprint density at radius 1 is 1.11 bits per heavy atom. The molecule has 0 aromatic heterocycles. The van der Waals surface area contributed by atoms with Crippen LogP contribution in [0.25, 0.3) is 0 Å². The first-order valence-electron chi connectivity index (χ1n) is 9.08. The Balaban J connectivity index is 1.64. The third-order valence-corrected chi connectivity index (χ3v) is 4.29. The monoisotopic (exact) mass is 388 g/mol. The Kier molecular flexibility index (Phi) is 8.65. The maximum Gasteiger partial charge on any atom is 0.407 e. The largest absolute Gasteiger partial charge is 0.445 e. The van der Waals surface area contributed by atoms with Gasteiger partial charge in [-0.2, -0.15) is 0 Å². The van der Waals surface area contributed by atoms with Crippen LogP contribution in [0.2, 0.25) is 5.02 Å². The van der Waals surface area contributed by atoms with E-state index in [1.165, 1.54) is 0 Å². The lowest BCUT2D eigenvalue weighted by Crippen LogP contribution is -2.30. The molecule has 0 saturated heterocycles. The molecule has 0 aliphatic rings. The van der Waals surface area contributed by atoms with E-state index in [-0.39, 0.29) is 18.6 Å². The summed E-state index contributed by atoms with van der Waals surface area (Å²) in [6.45, 7) is 2.62. The van der Waals surface area contributed by atoms with E-state index in [1.807, 2.05) is 61.5 Å². The zero-order valence-corrected chi connectivity index (χ0v) is 16.2. The van der Waals surface area contributed by atoms with E-state index >= 15 is 0 Å². The minimum absolute atomic E-state index is 0.0544. The van der Waals surface area contributed by atoms with Crippen LogP contribution in [-0.4, -0.2) is 18.5 Å². The maximum atomic E-state index is 12.1. The minimum atomic E-state index is -0.482. The molecule has 144 valence electrons. The molecule has 0 heterocycles. The van der Waals surface area contributed by atoms with Gasteiger partial charge in [-0.05, 0) is 36.1 Å². The van der Waals surface area contributed by atoms with Crippen molar-refractivity contribution < 1.29 is 14.3 Å². The van der Waals surface area contributed by atoms with E-state index in [0.717, 1.165) is 17.5 Å². The number of benzene rings is 2. The first kappa shape index (κ1) is 20.8. The molecule has 5 nitrogen and oxygen atoms in total. The van der Waals surface area contributed by atoms with Gasteiger partial charge in [0.1, 0.15) is 6.61 Å². The van der Waals surface area contributed by atoms with Crippen molar-refractivity contribution in [3.05, 3.63) is 70.7 Å². The number of hydrogen-bond acceptors (Lipinski definition) is 3. The molecule has 0 fully saturated rings. The van der Waals surface area contributed by atoms with Gasteiger partial charge in [0.15, 0.2) is 0 Å². The van der Waals surface area contributed by atoms with Gasteiger partial charge in [-0.1, -0.05) is 61.0 Å². The van der Waals surface area contributed by atoms with Gasteiger partial charge in [0, 0.05) is 18.0 Å². The molecule has 2 aromatic carbocycles. The molecule has 0 radical (unpaired) electrons. The summed E-state index contributed by atoms with van der Waals surface area (Å²) in [4.78, 5) is 23.8. The Labute approximate surface area is 165 Å². The lowest BCUT2D eigenvalue weighted by molar-refractivity contribution is -0.122. The standard InChI is InChI=1S/C21H25ClN2O3/c1-2-19(17-10-6-11-18(22)14-17)24-20(25)12-7-13-23-21(26)27-15-16-8-4-3-5-9-16/h3-6,8-11,14,19H,2,7,12-13,15H2,1H3,(H,23,26)(H,24,25). The number of ether oxygens (including phenoxy) is 1. The molecule has 1 unspecified atom stereocenters. The van der Waals surface area contributed by atoms with Crippen LogP contribution >= 0.6 is 11.6 Å². The molecule has 2 N–H and O–H groups in total. The number of hydrogen-bond donors (Lipinski definition) is 2. The van der Waals surface area contributed by atoms with Crippen molar-refractivity contribution in [2.45, 2.75) is 38.8 Å². The molecule has 0 aliphatic heterocycles. The zero-order chi connectivity index (χ0) is 19.5. The van der Waals surface area contributed by atoms with Crippen LogP contribution < -0.4 is 10.6 Å². The number of amides is 2. The summed E-state index contributed by atoms with van der Waals surface area (Å²) in [6.07, 6.45) is 1.16. The maximum absolute atomic E-state index is 12.1.